The Balaban J connectivity index is 1.60. The van der Waals surface area contributed by atoms with Crippen molar-refractivity contribution in [2.75, 3.05) is 6.54 Å². The van der Waals surface area contributed by atoms with E-state index in [0.717, 1.165) is 25.8 Å². The fraction of sp³-hybridized carbons (Fsp3) is 0.412. The monoisotopic (exact) mass is 352 g/mol. The Morgan fingerprint density at radius 3 is 3.04 bits per heavy atom. The van der Waals surface area contributed by atoms with E-state index in [4.69, 9.17) is 0 Å². The van der Waals surface area contributed by atoms with Gasteiger partial charge in [0.2, 0.25) is 5.82 Å². The minimum atomic E-state index is -0.138. The summed E-state index contributed by atoms with van der Waals surface area (Å²) in [6.07, 6.45) is 9.51. The lowest BCUT2D eigenvalue weighted by Crippen LogP contribution is -2.39. The first kappa shape index (κ1) is 16.4. The van der Waals surface area contributed by atoms with Crippen LogP contribution in [0.5, 0.6) is 0 Å². The molecule has 134 valence electrons. The van der Waals surface area contributed by atoms with Gasteiger partial charge in [0.25, 0.3) is 5.91 Å². The lowest BCUT2D eigenvalue weighted by molar-refractivity contribution is 0.0593. The van der Waals surface area contributed by atoms with Gasteiger partial charge in [0.1, 0.15) is 17.2 Å². The van der Waals surface area contributed by atoms with Crippen LogP contribution in [-0.4, -0.2) is 52.3 Å². The number of rotatable bonds is 4. The van der Waals surface area contributed by atoms with Crippen molar-refractivity contribution in [3.8, 4) is 11.5 Å². The fourth-order valence-electron chi connectivity index (χ4n) is 3.21. The van der Waals surface area contributed by atoms with Gasteiger partial charge >= 0.3 is 0 Å². The molecule has 1 saturated heterocycles. The van der Waals surface area contributed by atoms with E-state index >= 15 is 0 Å². The van der Waals surface area contributed by atoms with Crippen LogP contribution in [0.2, 0.25) is 0 Å². The molecule has 0 aliphatic carbocycles. The van der Waals surface area contributed by atoms with Crippen LogP contribution in [0.3, 0.4) is 0 Å². The maximum Gasteiger partial charge on any atom is 0.274 e. The van der Waals surface area contributed by atoms with Crippen molar-refractivity contribution >= 4 is 5.91 Å². The number of H-pyrrole nitrogens is 1. The van der Waals surface area contributed by atoms with Gasteiger partial charge in [-0.1, -0.05) is 0 Å². The second-order valence-corrected chi connectivity index (χ2v) is 6.20. The van der Waals surface area contributed by atoms with Crippen LogP contribution in [0.25, 0.3) is 11.5 Å². The smallest absolute Gasteiger partial charge is 0.274 e. The molecule has 4 heterocycles. The molecule has 1 aliphatic heterocycles. The zero-order valence-electron chi connectivity index (χ0n) is 14.5. The maximum atomic E-state index is 13.0. The summed E-state index contributed by atoms with van der Waals surface area (Å²) in [7, 11) is 0. The van der Waals surface area contributed by atoms with Crippen LogP contribution in [0, 0.1) is 0 Å². The molecule has 3 aromatic rings. The summed E-state index contributed by atoms with van der Waals surface area (Å²) in [5.41, 5.74) is 1.07. The molecule has 0 radical (unpaired) electrons. The van der Waals surface area contributed by atoms with Crippen molar-refractivity contribution in [1.82, 2.24) is 39.8 Å². The first-order chi connectivity index (χ1) is 12.8. The number of aryl methyl sites for hydroxylation is 1. The minimum Gasteiger partial charge on any atom is -0.327 e. The minimum absolute atomic E-state index is 0.0700. The third kappa shape index (κ3) is 3.07. The Morgan fingerprint density at radius 1 is 1.35 bits per heavy atom. The van der Waals surface area contributed by atoms with Crippen LogP contribution < -0.4 is 0 Å². The summed E-state index contributed by atoms with van der Waals surface area (Å²) in [5, 5.41) is 11.6. The number of carbonyl (C=O) groups excluding carboxylic acids is 1. The van der Waals surface area contributed by atoms with Gasteiger partial charge in [-0.2, -0.15) is 10.2 Å². The maximum absolute atomic E-state index is 13.0. The first-order valence-corrected chi connectivity index (χ1v) is 8.79. The molecule has 1 aliphatic rings. The Morgan fingerprint density at radius 2 is 2.27 bits per heavy atom. The largest absolute Gasteiger partial charge is 0.327 e. The summed E-state index contributed by atoms with van der Waals surface area (Å²) in [5.74, 6) is 1.09. The van der Waals surface area contributed by atoms with Crippen LogP contribution in [0.1, 0.15) is 48.5 Å². The predicted octanol–water partition coefficient (Wildman–Crippen LogP) is 1.85. The second kappa shape index (κ2) is 7.03. The number of nitrogens with one attached hydrogen (secondary N) is 1. The highest BCUT2D eigenvalue weighted by Crippen LogP contribution is 2.30. The number of likely N-dealkylation sites (tertiary alicyclic amines) is 1. The van der Waals surface area contributed by atoms with Crippen LogP contribution in [0.15, 0.2) is 30.9 Å². The molecule has 0 spiro atoms. The fourth-order valence-corrected chi connectivity index (χ4v) is 3.21. The summed E-state index contributed by atoms with van der Waals surface area (Å²) in [6, 6.07) is 1.63. The van der Waals surface area contributed by atoms with E-state index in [1.54, 1.807) is 29.3 Å². The lowest BCUT2D eigenvalue weighted by Gasteiger charge is -2.33. The van der Waals surface area contributed by atoms with E-state index in [0.29, 0.717) is 29.6 Å². The normalized spacial score (nSPS) is 17.4. The number of hydrogen-bond donors (Lipinski definition) is 1. The third-order valence-electron chi connectivity index (χ3n) is 4.56. The molecule has 0 saturated carbocycles. The second-order valence-electron chi connectivity index (χ2n) is 6.20. The molecule has 0 aromatic carbocycles. The standard InChI is InChI=1S/C17H20N8O/c1-2-24-10-6-12(23-24)17(26)25-9-4-3-5-14(25)16-20-15(21-22-16)13-11-18-7-8-19-13/h6-8,10-11,14H,2-5,9H2,1H3,(H,20,21,22). The van der Waals surface area contributed by atoms with E-state index in [1.165, 1.54) is 0 Å². The molecule has 1 atom stereocenters. The number of nitrogens with zero attached hydrogens (tertiary/aromatic N) is 7. The predicted molar refractivity (Wildman–Crippen MR) is 92.9 cm³/mol. The van der Waals surface area contributed by atoms with Crippen molar-refractivity contribution in [1.29, 1.82) is 0 Å². The lowest BCUT2D eigenvalue weighted by atomic mass is 10.0. The highest BCUT2D eigenvalue weighted by atomic mass is 16.2. The number of carbonyl (C=O) groups is 1. The topological polar surface area (TPSA) is 105 Å². The van der Waals surface area contributed by atoms with E-state index < -0.39 is 0 Å². The Bertz CT molecular complexity index is 887. The average Bonchev–Trinajstić information content (AvgIpc) is 3.38. The molecule has 1 amide bonds. The number of piperidine rings is 1. The summed E-state index contributed by atoms with van der Waals surface area (Å²) in [6.45, 7) is 3.41. The van der Waals surface area contributed by atoms with Crippen molar-refractivity contribution in [2.24, 2.45) is 0 Å². The molecule has 1 unspecified atom stereocenters. The molecule has 3 aromatic heterocycles. The van der Waals surface area contributed by atoms with Gasteiger partial charge in [-0.3, -0.25) is 19.6 Å². The van der Waals surface area contributed by atoms with Crippen molar-refractivity contribution in [3.05, 3.63) is 42.4 Å². The average molecular weight is 352 g/mol. The molecule has 1 N–H and O–H groups in total. The van der Waals surface area contributed by atoms with E-state index in [2.05, 4.69) is 30.2 Å². The van der Waals surface area contributed by atoms with Crippen molar-refractivity contribution in [2.45, 2.75) is 38.8 Å². The van der Waals surface area contributed by atoms with Crippen molar-refractivity contribution < 1.29 is 4.79 Å². The number of aromatic nitrogens is 7. The molecule has 4 rings (SSSR count). The molecule has 0 bridgehead atoms. The quantitative estimate of drug-likeness (QED) is 0.768. The number of hydrogen-bond acceptors (Lipinski definition) is 6. The summed E-state index contributed by atoms with van der Waals surface area (Å²) in [4.78, 5) is 27.6. The molecule has 9 heteroatoms. The summed E-state index contributed by atoms with van der Waals surface area (Å²) >= 11 is 0. The number of amides is 1. The highest BCUT2D eigenvalue weighted by Gasteiger charge is 2.32. The van der Waals surface area contributed by atoms with Crippen LogP contribution in [0.4, 0.5) is 0 Å². The molecular weight excluding hydrogens is 332 g/mol. The van der Waals surface area contributed by atoms with Gasteiger partial charge in [-0.15, -0.1) is 0 Å². The van der Waals surface area contributed by atoms with Gasteiger partial charge in [0.15, 0.2) is 0 Å². The summed E-state index contributed by atoms with van der Waals surface area (Å²) < 4.78 is 1.76. The first-order valence-electron chi connectivity index (χ1n) is 8.79. The Labute approximate surface area is 150 Å². The Hall–Kier alpha value is -3.10. The third-order valence-corrected chi connectivity index (χ3v) is 4.56. The highest BCUT2D eigenvalue weighted by molar-refractivity contribution is 5.92. The van der Waals surface area contributed by atoms with Gasteiger partial charge in [-0.25, -0.2) is 9.97 Å². The van der Waals surface area contributed by atoms with Crippen LogP contribution >= 0.6 is 0 Å². The molecule has 26 heavy (non-hydrogen) atoms. The SMILES string of the molecule is CCn1ccc(C(=O)N2CCCCC2c2nc(-c3cnccn3)n[nH]2)n1. The number of aromatic amines is 1. The molecule has 1 fully saturated rings. The van der Waals surface area contributed by atoms with Crippen molar-refractivity contribution in [3.63, 3.8) is 0 Å². The zero-order valence-corrected chi connectivity index (χ0v) is 14.5. The van der Waals surface area contributed by atoms with Gasteiger partial charge in [0.05, 0.1) is 12.2 Å². The van der Waals surface area contributed by atoms with Gasteiger partial charge in [0, 0.05) is 31.7 Å². The van der Waals surface area contributed by atoms with E-state index in [9.17, 15) is 4.79 Å². The molecular formula is C17H20N8O. The zero-order chi connectivity index (χ0) is 17.9. The molecule has 9 nitrogen and oxygen atoms in total. The van der Waals surface area contributed by atoms with E-state index in [-0.39, 0.29) is 11.9 Å². The Kier molecular flexibility index (Phi) is 4.42. The van der Waals surface area contributed by atoms with Gasteiger partial charge in [-0.05, 0) is 32.3 Å². The van der Waals surface area contributed by atoms with E-state index in [1.807, 2.05) is 18.0 Å². The van der Waals surface area contributed by atoms with Gasteiger partial charge < -0.3 is 4.90 Å². The van der Waals surface area contributed by atoms with Crippen LogP contribution in [-0.2, 0) is 6.54 Å².